The first-order valence-corrected chi connectivity index (χ1v) is 16.6. The average Bonchev–Trinajstić information content (AvgIpc) is 3.35. The molecule has 0 saturated heterocycles. The van der Waals surface area contributed by atoms with Crippen molar-refractivity contribution < 1.29 is 0 Å². The van der Waals surface area contributed by atoms with Crippen molar-refractivity contribution in [1.82, 2.24) is 0 Å². The normalized spacial score (nSPS) is 12.9. The van der Waals surface area contributed by atoms with Crippen molar-refractivity contribution in [2.24, 2.45) is 0 Å². The molecule has 1 aliphatic carbocycles. The fourth-order valence-electron chi connectivity index (χ4n) is 7.29. The van der Waals surface area contributed by atoms with E-state index in [0.29, 0.717) is 0 Å². The van der Waals surface area contributed by atoms with Crippen molar-refractivity contribution in [3.8, 4) is 33.4 Å². The van der Waals surface area contributed by atoms with Gasteiger partial charge in [-0.2, -0.15) is 0 Å². The van der Waals surface area contributed by atoms with Crippen LogP contribution in [0.3, 0.4) is 0 Å². The van der Waals surface area contributed by atoms with Crippen LogP contribution in [0.2, 0.25) is 0 Å². The first-order chi connectivity index (χ1) is 22.9. The van der Waals surface area contributed by atoms with Gasteiger partial charge in [0, 0.05) is 22.5 Å². The highest BCUT2D eigenvalue weighted by Gasteiger charge is 2.38. The number of rotatable bonds is 8. The van der Waals surface area contributed by atoms with Gasteiger partial charge in [0.1, 0.15) is 0 Å². The van der Waals surface area contributed by atoms with Crippen molar-refractivity contribution in [1.29, 1.82) is 0 Å². The summed E-state index contributed by atoms with van der Waals surface area (Å²) in [5, 5.41) is 0. The van der Waals surface area contributed by atoms with Crippen molar-refractivity contribution >= 4 is 22.6 Å². The van der Waals surface area contributed by atoms with Crippen LogP contribution >= 0.6 is 0 Å². The maximum absolute atomic E-state index is 4.37. The van der Waals surface area contributed by atoms with Crippen LogP contribution in [-0.2, 0) is 11.8 Å². The Bertz CT molecular complexity index is 2000. The molecule has 0 saturated carbocycles. The molecule has 7 rings (SSSR count). The molecule has 0 spiro atoms. The number of anilines is 3. The summed E-state index contributed by atoms with van der Waals surface area (Å²) in [6.07, 6.45) is 5.16. The molecule has 47 heavy (non-hydrogen) atoms. The topological polar surface area (TPSA) is 3.24 Å². The first-order valence-electron chi connectivity index (χ1n) is 16.6. The van der Waals surface area contributed by atoms with Gasteiger partial charge >= 0.3 is 0 Å². The Kier molecular flexibility index (Phi) is 8.00. The Hall–Kier alpha value is -5.40. The van der Waals surface area contributed by atoms with E-state index in [9.17, 15) is 0 Å². The number of fused-ring (bicyclic) bond motifs is 3. The highest BCUT2D eigenvalue weighted by molar-refractivity contribution is 5.89. The molecule has 6 aromatic rings. The predicted molar refractivity (Wildman–Crippen MR) is 203 cm³/mol. The van der Waals surface area contributed by atoms with Gasteiger partial charge in [-0.3, -0.25) is 0 Å². The van der Waals surface area contributed by atoms with Gasteiger partial charge in [0.15, 0.2) is 0 Å². The van der Waals surface area contributed by atoms with E-state index in [0.717, 1.165) is 29.1 Å². The van der Waals surface area contributed by atoms with E-state index in [-0.39, 0.29) is 5.41 Å². The number of hydrogen-bond donors (Lipinski definition) is 0. The molecule has 230 valence electrons. The molecule has 0 atom stereocenters. The molecule has 1 heteroatoms. The molecule has 1 aliphatic rings. The van der Waals surface area contributed by atoms with E-state index in [1.54, 1.807) is 0 Å². The Balaban J connectivity index is 1.35. The van der Waals surface area contributed by atoms with Gasteiger partial charge in [0.05, 0.1) is 0 Å². The largest absolute Gasteiger partial charge is 0.310 e. The Labute approximate surface area is 280 Å². The molecule has 0 heterocycles. The summed E-state index contributed by atoms with van der Waals surface area (Å²) in [5.74, 6) is 0. The zero-order chi connectivity index (χ0) is 32.5. The molecule has 0 aromatic heterocycles. The molecule has 0 fully saturated rings. The van der Waals surface area contributed by atoms with Gasteiger partial charge < -0.3 is 4.90 Å². The van der Waals surface area contributed by atoms with Gasteiger partial charge in [0.2, 0.25) is 0 Å². The number of hydrogen-bond acceptors (Lipinski definition) is 1. The SMILES string of the molecule is C=C(/C=C\C)c1cc(CC)c2c(c1)-c1ccc(N(c3ccc(-c4ccccc4)cc3)c3ccc(-c4ccccc4)cc3)cc1C2(C)C. The molecule has 0 bridgehead atoms. The van der Waals surface area contributed by atoms with Crippen molar-refractivity contribution in [2.45, 2.75) is 39.5 Å². The third kappa shape index (κ3) is 5.53. The summed E-state index contributed by atoms with van der Waals surface area (Å²) >= 11 is 0. The van der Waals surface area contributed by atoms with Crippen LogP contribution in [0.1, 0.15) is 49.9 Å². The highest BCUT2D eigenvalue weighted by Crippen LogP contribution is 2.53. The fourth-order valence-corrected chi connectivity index (χ4v) is 7.29. The van der Waals surface area contributed by atoms with Crippen LogP contribution in [0.5, 0.6) is 0 Å². The van der Waals surface area contributed by atoms with Crippen molar-refractivity contribution in [2.75, 3.05) is 4.90 Å². The maximum Gasteiger partial charge on any atom is 0.0465 e. The lowest BCUT2D eigenvalue weighted by molar-refractivity contribution is 0.652. The second-order valence-electron chi connectivity index (χ2n) is 13.0. The molecular formula is C46H41N. The average molecular weight is 608 g/mol. The van der Waals surface area contributed by atoms with E-state index >= 15 is 0 Å². The van der Waals surface area contributed by atoms with Crippen LogP contribution in [0.15, 0.2) is 158 Å². The Morgan fingerprint density at radius 2 is 1.13 bits per heavy atom. The lowest BCUT2D eigenvalue weighted by Gasteiger charge is -2.29. The number of benzene rings is 6. The molecule has 0 amide bonds. The zero-order valence-corrected chi connectivity index (χ0v) is 27.8. The van der Waals surface area contributed by atoms with Crippen LogP contribution in [0, 0.1) is 0 Å². The summed E-state index contributed by atoms with van der Waals surface area (Å²) in [4.78, 5) is 2.39. The highest BCUT2D eigenvalue weighted by atomic mass is 15.1. The summed E-state index contributed by atoms with van der Waals surface area (Å²) in [5.41, 5.74) is 17.2. The van der Waals surface area contributed by atoms with Gasteiger partial charge in [-0.05, 0) is 117 Å². The molecule has 0 aliphatic heterocycles. The third-order valence-electron chi connectivity index (χ3n) is 9.65. The fraction of sp³-hybridized carbons (Fsp3) is 0.130. The van der Waals surface area contributed by atoms with Gasteiger partial charge in [0.25, 0.3) is 0 Å². The first kappa shape index (κ1) is 30.3. The molecule has 0 unspecified atom stereocenters. The number of aryl methyl sites for hydroxylation is 1. The summed E-state index contributed by atoms with van der Waals surface area (Å²) < 4.78 is 0. The predicted octanol–water partition coefficient (Wildman–Crippen LogP) is 12.9. The Morgan fingerprint density at radius 3 is 1.64 bits per heavy atom. The standard InChI is InChI=1S/C46H41N/c1-6-14-32(3)38-29-33(7-2)45-43(30-38)42-28-27-41(31-44(42)46(45,4)5)47(39-23-19-36(20-24-39)34-15-10-8-11-16-34)40-25-21-37(22-26-40)35-17-12-9-13-18-35/h6,8-31H,3,7H2,1-2,4-5H3/b14-6-. The molecule has 0 radical (unpaired) electrons. The minimum Gasteiger partial charge on any atom is -0.310 e. The van der Waals surface area contributed by atoms with Gasteiger partial charge in [-0.25, -0.2) is 0 Å². The van der Waals surface area contributed by atoms with Gasteiger partial charge in [-0.15, -0.1) is 0 Å². The smallest absolute Gasteiger partial charge is 0.0465 e. The lowest BCUT2D eigenvalue weighted by Crippen LogP contribution is -2.18. The molecule has 6 aromatic carbocycles. The van der Waals surface area contributed by atoms with E-state index < -0.39 is 0 Å². The van der Waals surface area contributed by atoms with Crippen LogP contribution in [-0.4, -0.2) is 0 Å². The molecular weight excluding hydrogens is 567 g/mol. The zero-order valence-electron chi connectivity index (χ0n) is 27.8. The van der Waals surface area contributed by atoms with E-state index in [1.807, 2.05) is 0 Å². The minimum atomic E-state index is -0.132. The van der Waals surface area contributed by atoms with Crippen LogP contribution in [0.4, 0.5) is 17.1 Å². The van der Waals surface area contributed by atoms with Crippen LogP contribution < -0.4 is 4.90 Å². The number of allylic oxidation sites excluding steroid dienone is 3. The quantitative estimate of drug-likeness (QED) is 0.156. The monoisotopic (exact) mass is 607 g/mol. The maximum atomic E-state index is 4.37. The Morgan fingerprint density at radius 1 is 0.617 bits per heavy atom. The molecule has 0 N–H and O–H groups in total. The van der Waals surface area contributed by atoms with Crippen LogP contribution in [0.25, 0.3) is 39.0 Å². The second-order valence-corrected chi connectivity index (χ2v) is 13.0. The van der Waals surface area contributed by atoms with E-state index in [2.05, 4.69) is 191 Å². The van der Waals surface area contributed by atoms with E-state index in [4.69, 9.17) is 0 Å². The second kappa shape index (κ2) is 12.4. The summed E-state index contributed by atoms with van der Waals surface area (Å²) in [6, 6.07) is 50.8. The van der Waals surface area contributed by atoms with E-state index in [1.165, 1.54) is 55.6 Å². The summed E-state index contributed by atoms with van der Waals surface area (Å²) in [6.45, 7) is 13.5. The number of nitrogens with zero attached hydrogens (tertiary/aromatic N) is 1. The molecule has 1 nitrogen and oxygen atoms in total. The lowest BCUT2D eigenvalue weighted by atomic mass is 9.79. The van der Waals surface area contributed by atoms with Crippen molar-refractivity contribution in [3.05, 3.63) is 181 Å². The minimum absolute atomic E-state index is 0.132. The van der Waals surface area contributed by atoms with Gasteiger partial charge in [-0.1, -0.05) is 137 Å². The third-order valence-corrected chi connectivity index (χ3v) is 9.65. The summed E-state index contributed by atoms with van der Waals surface area (Å²) in [7, 11) is 0. The van der Waals surface area contributed by atoms with Crippen molar-refractivity contribution in [3.63, 3.8) is 0 Å².